The van der Waals surface area contributed by atoms with Crippen molar-refractivity contribution in [1.82, 2.24) is 5.32 Å². The van der Waals surface area contributed by atoms with Crippen molar-refractivity contribution in [2.45, 2.75) is 6.42 Å². The molecule has 1 rings (SSSR count). The minimum atomic E-state index is 0.647. The van der Waals surface area contributed by atoms with Gasteiger partial charge in [-0.3, -0.25) is 4.79 Å². The van der Waals surface area contributed by atoms with Crippen LogP contribution in [0.5, 0.6) is 0 Å². The highest BCUT2D eigenvalue weighted by molar-refractivity contribution is 6.30. The SMILES string of the molecule is CNCCC=Cc1cc(Cl)ccc1C=O. The number of hydrogen-bond donors (Lipinski definition) is 1. The van der Waals surface area contributed by atoms with Crippen LogP contribution in [0.1, 0.15) is 22.3 Å². The van der Waals surface area contributed by atoms with E-state index in [0.717, 1.165) is 24.8 Å². The molecule has 1 aromatic carbocycles. The monoisotopic (exact) mass is 223 g/mol. The van der Waals surface area contributed by atoms with Gasteiger partial charge in [0.1, 0.15) is 0 Å². The standard InChI is InChI=1S/C12H14ClNO/c1-14-7-3-2-4-10-8-12(13)6-5-11(10)9-15/h2,4-6,8-9,14H,3,7H2,1H3. The zero-order valence-electron chi connectivity index (χ0n) is 8.66. The summed E-state index contributed by atoms with van der Waals surface area (Å²) in [7, 11) is 1.91. The van der Waals surface area contributed by atoms with Crippen molar-refractivity contribution in [2.75, 3.05) is 13.6 Å². The number of halogens is 1. The molecule has 0 radical (unpaired) electrons. The maximum atomic E-state index is 10.7. The molecule has 0 bridgehead atoms. The van der Waals surface area contributed by atoms with E-state index in [9.17, 15) is 4.79 Å². The van der Waals surface area contributed by atoms with Crippen LogP contribution in [0.2, 0.25) is 5.02 Å². The van der Waals surface area contributed by atoms with E-state index in [4.69, 9.17) is 11.6 Å². The van der Waals surface area contributed by atoms with Crippen LogP contribution in [0, 0.1) is 0 Å². The second-order valence-electron chi connectivity index (χ2n) is 3.19. The van der Waals surface area contributed by atoms with Gasteiger partial charge >= 0.3 is 0 Å². The van der Waals surface area contributed by atoms with Gasteiger partial charge in [-0.1, -0.05) is 23.8 Å². The third-order valence-corrected chi connectivity index (χ3v) is 2.27. The van der Waals surface area contributed by atoms with Gasteiger partial charge in [0.15, 0.2) is 6.29 Å². The third-order valence-electron chi connectivity index (χ3n) is 2.03. The van der Waals surface area contributed by atoms with E-state index in [-0.39, 0.29) is 0 Å². The molecular formula is C12H14ClNO. The van der Waals surface area contributed by atoms with Gasteiger partial charge in [-0.05, 0) is 43.8 Å². The highest BCUT2D eigenvalue weighted by atomic mass is 35.5. The molecule has 0 aliphatic rings. The molecule has 3 heteroatoms. The van der Waals surface area contributed by atoms with Crippen LogP contribution >= 0.6 is 11.6 Å². The van der Waals surface area contributed by atoms with Crippen molar-refractivity contribution in [3.8, 4) is 0 Å². The van der Waals surface area contributed by atoms with Crippen LogP contribution < -0.4 is 5.32 Å². The van der Waals surface area contributed by atoms with Crippen molar-refractivity contribution >= 4 is 24.0 Å². The molecule has 0 saturated carbocycles. The fraction of sp³-hybridized carbons (Fsp3) is 0.250. The average Bonchev–Trinajstić information content (AvgIpc) is 2.25. The minimum absolute atomic E-state index is 0.647. The van der Waals surface area contributed by atoms with Crippen molar-refractivity contribution in [3.05, 3.63) is 40.4 Å². The van der Waals surface area contributed by atoms with E-state index < -0.39 is 0 Å². The Bertz CT molecular complexity index is 361. The molecular weight excluding hydrogens is 210 g/mol. The van der Waals surface area contributed by atoms with E-state index >= 15 is 0 Å². The highest BCUT2D eigenvalue weighted by Crippen LogP contribution is 2.16. The lowest BCUT2D eigenvalue weighted by Crippen LogP contribution is -2.05. The van der Waals surface area contributed by atoms with Crippen LogP contribution in [-0.4, -0.2) is 19.9 Å². The van der Waals surface area contributed by atoms with E-state index in [0.29, 0.717) is 10.6 Å². The molecule has 1 aromatic rings. The lowest BCUT2D eigenvalue weighted by Gasteiger charge is -1.99. The first-order chi connectivity index (χ1) is 7.27. The molecule has 80 valence electrons. The Kier molecular flexibility index (Phi) is 5.08. The second kappa shape index (κ2) is 6.38. The Morgan fingerprint density at radius 3 is 2.87 bits per heavy atom. The minimum Gasteiger partial charge on any atom is -0.319 e. The van der Waals surface area contributed by atoms with Gasteiger partial charge in [-0.25, -0.2) is 0 Å². The van der Waals surface area contributed by atoms with Crippen molar-refractivity contribution in [2.24, 2.45) is 0 Å². The Balaban J connectivity index is 2.78. The highest BCUT2D eigenvalue weighted by Gasteiger charge is 1.98. The van der Waals surface area contributed by atoms with Crippen LogP contribution in [-0.2, 0) is 0 Å². The summed E-state index contributed by atoms with van der Waals surface area (Å²) in [5.74, 6) is 0. The van der Waals surface area contributed by atoms with Gasteiger partial charge in [-0.2, -0.15) is 0 Å². The Morgan fingerprint density at radius 2 is 2.20 bits per heavy atom. The second-order valence-corrected chi connectivity index (χ2v) is 3.62. The summed E-state index contributed by atoms with van der Waals surface area (Å²) in [6, 6.07) is 5.24. The summed E-state index contributed by atoms with van der Waals surface area (Å²) in [5.41, 5.74) is 1.54. The maximum absolute atomic E-state index is 10.7. The van der Waals surface area contributed by atoms with E-state index in [1.807, 2.05) is 19.2 Å². The number of carbonyl (C=O) groups excluding carboxylic acids is 1. The van der Waals surface area contributed by atoms with Crippen molar-refractivity contribution < 1.29 is 4.79 Å². The molecule has 0 fully saturated rings. The quantitative estimate of drug-likeness (QED) is 0.615. The van der Waals surface area contributed by atoms with E-state index in [2.05, 4.69) is 5.32 Å². The molecule has 2 nitrogen and oxygen atoms in total. The molecule has 0 atom stereocenters. The van der Waals surface area contributed by atoms with Crippen LogP contribution in [0.25, 0.3) is 6.08 Å². The van der Waals surface area contributed by atoms with Gasteiger partial charge in [-0.15, -0.1) is 0 Å². The number of carbonyl (C=O) groups is 1. The smallest absolute Gasteiger partial charge is 0.150 e. The summed E-state index contributed by atoms with van der Waals surface area (Å²) in [6.07, 6.45) is 5.72. The van der Waals surface area contributed by atoms with Gasteiger partial charge < -0.3 is 5.32 Å². The maximum Gasteiger partial charge on any atom is 0.150 e. The number of benzene rings is 1. The van der Waals surface area contributed by atoms with Gasteiger partial charge in [0, 0.05) is 10.6 Å². The van der Waals surface area contributed by atoms with Gasteiger partial charge in [0.2, 0.25) is 0 Å². The normalized spacial score (nSPS) is 10.8. The molecule has 0 aromatic heterocycles. The number of hydrogen-bond acceptors (Lipinski definition) is 2. The zero-order chi connectivity index (χ0) is 11.1. The Morgan fingerprint density at radius 1 is 1.40 bits per heavy atom. The molecule has 0 aliphatic carbocycles. The third kappa shape index (κ3) is 3.86. The number of nitrogens with one attached hydrogen (secondary N) is 1. The molecule has 15 heavy (non-hydrogen) atoms. The Hall–Kier alpha value is -1.12. The first kappa shape index (κ1) is 12.0. The van der Waals surface area contributed by atoms with Crippen LogP contribution in [0.15, 0.2) is 24.3 Å². The average molecular weight is 224 g/mol. The molecule has 0 aliphatic heterocycles. The largest absolute Gasteiger partial charge is 0.319 e. The molecule has 1 N–H and O–H groups in total. The summed E-state index contributed by atoms with van der Waals surface area (Å²) in [5, 5.41) is 3.69. The van der Waals surface area contributed by atoms with E-state index in [1.54, 1.807) is 18.2 Å². The number of aldehydes is 1. The summed E-state index contributed by atoms with van der Waals surface area (Å²) in [6.45, 7) is 0.924. The zero-order valence-corrected chi connectivity index (χ0v) is 9.42. The number of rotatable bonds is 5. The van der Waals surface area contributed by atoms with E-state index in [1.165, 1.54) is 0 Å². The molecule has 0 heterocycles. The van der Waals surface area contributed by atoms with Crippen molar-refractivity contribution in [3.63, 3.8) is 0 Å². The lowest BCUT2D eigenvalue weighted by atomic mass is 10.1. The van der Waals surface area contributed by atoms with Gasteiger partial charge in [0.25, 0.3) is 0 Å². The predicted octanol–water partition coefficient (Wildman–Crippen LogP) is 2.78. The molecule has 0 unspecified atom stereocenters. The summed E-state index contributed by atoms with van der Waals surface area (Å²) >= 11 is 5.85. The van der Waals surface area contributed by atoms with Crippen LogP contribution in [0.4, 0.5) is 0 Å². The van der Waals surface area contributed by atoms with Gasteiger partial charge in [0.05, 0.1) is 0 Å². The summed E-state index contributed by atoms with van der Waals surface area (Å²) < 4.78 is 0. The first-order valence-corrected chi connectivity index (χ1v) is 5.21. The topological polar surface area (TPSA) is 29.1 Å². The molecule has 0 amide bonds. The van der Waals surface area contributed by atoms with Crippen molar-refractivity contribution in [1.29, 1.82) is 0 Å². The predicted molar refractivity (Wildman–Crippen MR) is 64.4 cm³/mol. The Labute approximate surface area is 94.9 Å². The molecule has 0 spiro atoms. The molecule has 0 saturated heterocycles. The fourth-order valence-corrected chi connectivity index (χ4v) is 1.42. The fourth-order valence-electron chi connectivity index (χ4n) is 1.24. The van der Waals surface area contributed by atoms with Crippen LogP contribution in [0.3, 0.4) is 0 Å². The summed E-state index contributed by atoms with van der Waals surface area (Å²) in [4.78, 5) is 10.7. The first-order valence-electron chi connectivity index (χ1n) is 4.84. The lowest BCUT2D eigenvalue weighted by molar-refractivity contribution is 0.112.